The van der Waals surface area contributed by atoms with Crippen LogP contribution in [0.1, 0.15) is 68.0 Å². The van der Waals surface area contributed by atoms with E-state index in [1.165, 1.54) is 6.33 Å². The number of nitrogen functional groups attached to an aromatic ring is 1. The lowest BCUT2D eigenvalue weighted by Gasteiger charge is -2.40. The number of hydrogen-bond donors (Lipinski definition) is 1. The average Bonchev–Trinajstić information content (AvgIpc) is 3.27. The number of fused-ring (bicyclic) bond motifs is 1. The van der Waals surface area contributed by atoms with E-state index in [1.54, 1.807) is 6.33 Å². The van der Waals surface area contributed by atoms with Crippen LogP contribution < -0.4 is 5.73 Å². The Morgan fingerprint density at radius 2 is 1.67 bits per heavy atom. The van der Waals surface area contributed by atoms with Gasteiger partial charge in [0.2, 0.25) is 0 Å². The minimum atomic E-state index is -2.15. The highest BCUT2D eigenvalue weighted by Gasteiger charge is 2.54. The number of hydrogen-bond acceptors (Lipinski definition) is 8. The normalized spacial score (nSPS) is 24.2. The lowest BCUT2D eigenvalue weighted by molar-refractivity contribution is -0.267. The second-order valence-electron chi connectivity index (χ2n) is 13.3. The topological polar surface area (TPSA) is 107 Å². The fourth-order valence-corrected chi connectivity index (χ4v) is 6.16. The van der Waals surface area contributed by atoms with Crippen molar-refractivity contribution in [3.05, 3.63) is 12.7 Å². The predicted octanol–water partition coefficient (Wildman–Crippen LogP) is 5.86. The quantitative estimate of drug-likeness (QED) is 0.417. The molecule has 2 N–H and O–H groups in total. The molecule has 11 heteroatoms. The van der Waals surface area contributed by atoms with E-state index < -0.39 is 28.6 Å². The Labute approximate surface area is 218 Å². The highest BCUT2D eigenvalue weighted by Crippen LogP contribution is 2.47. The maximum absolute atomic E-state index is 6.98. The van der Waals surface area contributed by atoms with Gasteiger partial charge < -0.3 is 24.1 Å². The molecule has 2 aromatic heterocycles. The van der Waals surface area contributed by atoms with E-state index in [-0.39, 0.29) is 22.3 Å². The average molecular weight is 538 g/mol. The van der Waals surface area contributed by atoms with Gasteiger partial charge in [-0.3, -0.25) is 4.57 Å². The number of anilines is 1. The first kappa shape index (κ1) is 29.2. The van der Waals surface area contributed by atoms with Crippen LogP contribution in [0, 0.1) is 0 Å². The SMILES string of the molecule is CC(C)O[C@@]1(CO[Si](C)(C)C(C)(C)C)C[C@@H](O[Si](C)(C)C(C)(C)C)[C@H](n2cnc3c(N)ncnc32)O1. The van der Waals surface area contributed by atoms with Crippen LogP contribution in [0.5, 0.6) is 0 Å². The molecule has 36 heavy (non-hydrogen) atoms. The molecular formula is C25H47N5O4Si2. The van der Waals surface area contributed by atoms with Crippen LogP contribution in [-0.2, 0) is 18.3 Å². The molecule has 0 amide bonds. The lowest BCUT2D eigenvalue weighted by Crippen LogP contribution is -2.48. The van der Waals surface area contributed by atoms with E-state index in [4.69, 9.17) is 24.1 Å². The van der Waals surface area contributed by atoms with Gasteiger partial charge in [0.25, 0.3) is 0 Å². The van der Waals surface area contributed by atoms with Gasteiger partial charge in [0, 0.05) is 6.42 Å². The molecule has 1 saturated heterocycles. The molecule has 1 aliphatic heterocycles. The Bertz CT molecular complexity index is 1060. The molecule has 2 aromatic rings. The van der Waals surface area contributed by atoms with Crippen LogP contribution >= 0.6 is 0 Å². The van der Waals surface area contributed by atoms with E-state index >= 15 is 0 Å². The van der Waals surface area contributed by atoms with Gasteiger partial charge in [-0.15, -0.1) is 0 Å². The Morgan fingerprint density at radius 1 is 1.06 bits per heavy atom. The molecular weight excluding hydrogens is 490 g/mol. The van der Waals surface area contributed by atoms with Crippen LogP contribution in [0.25, 0.3) is 11.2 Å². The summed E-state index contributed by atoms with van der Waals surface area (Å²) in [6, 6.07) is 0. The number of aromatic nitrogens is 4. The Balaban J connectivity index is 2.05. The number of ether oxygens (including phenoxy) is 2. The number of nitrogens with zero attached hydrogens (tertiary/aromatic N) is 4. The molecule has 204 valence electrons. The summed E-state index contributed by atoms with van der Waals surface area (Å²) >= 11 is 0. The zero-order valence-electron chi connectivity index (χ0n) is 24.3. The number of imidazole rings is 1. The third kappa shape index (κ3) is 5.86. The first-order valence-electron chi connectivity index (χ1n) is 12.9. The first-order valence-corrected chi connectivity index (χ1v) is 18.7. The van der Waals surface area contributed by atoms with E-state index in [9.17, 15) is 0 Å². The zero-order valence-corrected chi connectivity index (χ0v) is 26.3. The van der Waals surface area contributed by atoms with Crippen molar-refractivity contribution >= 4 is 33.6 Å². The largest absolute Gasteiger partial charge is 0.411 e. The van der Waals surface area contributed by atoms with Crippen LogP contribution in [0.15, 0.2) is 12.7 Å². The minimum absolute atomic E-state index is 0.0307. The standard InChI is InChI=1S/C25H47N5O4Si2/c1-17(2)32-25(14-31-35(9,10)23(3,4)5)13-18(34-36(11,12)24(6,7)8)22(33-25)30-16-29-19-20(26)27-15-28-21(19)30/h15-18,22H,13-14H2,1-12H3,(H2,26,27,28)/t18-,22-,25+/m1/s1. The second-order valence-corrected chi connectivity index (χ2v) is 22.9. The molecule has 0 aromatic carbocycles. The molecule has 0 unspecified atom stereocenters. The third-order valence-corrected chi connectivity index (χ3v) is 17.0. The Morgan fingerprint density at radius 3 is 2.22 bits per heavy atom. The van der Waals surface area contributed by atoms with Crippen molar-refractivity contribution in [3.63, 3.8) is 0 Å². The van der Waals surface area contributed by atoms with Crippen molar-refractivity contribution in [3.8, 4) is 0 Å². The maximum atomic E-state index is 6.98. The van der Waals surface area contributed by atoms with Crippen molar-refractivity contribution < 1.29 is 18.3 Å². The molecule has 1 aliphatic rings. The van der Waals surface area contributed by atoms with Gasteiger partial charge in [-0.25, -0.2) is 15.0 Å². The van der Waals surface area contributed by atoms with Gasteiger partial charge >= 0.3 is 0 Å². The van der Waals surface area contributed by atoms with Gasteiger partial charge in [0.05, 0.1) is 25.1 Å². The van der Waals surface area contributed by atoms with Gasteiger partial charge in [-0.05, 0) is 50.1 Å². The van der Waals surface area contributed by atoms with Gasteiger partial charge in [0.1, 0.15) is 11.8 Å². The van der Waals surface area contributed by atoms with Crippen molar-refractivity contribution in [2.75, 3.05) is 12.3 Å². The van der Waals surface area contributed by atoms with E-state index in [2.05, 4.69) is 82.7 Å². The summed E-state index contributed by atoms with van der Waals surface area (Å²) in [7, 11) is -4.21. The first-order chi connectivity index (χ1) is 16.3. The predicted molar refractivity (Wildman–Crippen MR) is 149 cm³/mol. The van der Waals surface area contributed by atoms with Gasteiger partial charge in [0.15, 0.2) is 40.1 Å². The summed E-state index contributed by atoms with van der Waals surface area (Å²) in [4.78, 5) is 13.1. The molecule has 0 bridgehead atoms. The molecule has 0 aliphatic carbocycles. The minimum Gasteiger partial charge on any atom is -0.411 e. The monoisotopic (exact) mass is 537 g/mol. The van der Waals surface area contributed by atoms with Crippen molar-refractivity contribution in [2.24, 2.45) is 0 Å². The fraction of sp³-hybridized carbons (Fsp3) is 0.800. The van der Waals surface area contributed by atoms with Crippen LogP contribution in [0.2, 0.25) is 36.3 Å². The summed E-state index contributed by atoms with van der Waals surface area (Å²) in [6.45, 7) is 26.8. The highest BCUT2D eigenvalue weighted by atomic mass is 28.4. The maximum Gasteiger partial charge on any atom is 0.195 e. The van der Waals surface area contributed by atoms with E-state index in [1.807, 2.05) is 18.4 Å². The Hall–Kier alpha value is -1.38. The van der Waals surface area contributed by atoms with Gasteiger partial charge in [-0.2, -0.15) is 0 Å². The summed E-state index contributed by atoms with van der Waals surface area (Å²) in [5, 5.41) is 0.0962. The molecule has 1 fully saturated rings. The summed E-state index contributed by atoms with van der Waals surface area (Å²) in [5.74, 6) is -0.624. The summed E-state index contributed by atoms with van der Waals surface area (Å²) in [5.41, 5.74) is 7.25. The van der Waals surface area contributed by atoms with Crippen molar-refractivity contribution in [1.29, 1.82) is 0 Å². The van der Waals surface area contributed by atoms with Gasteiger partial charge in [-0.1, -0.05) is 41.5 Å². The smallest absolute Gasteiger partial charge is 0.195 e. The second kappa shape index (κ2) is 9.74. The Kier molecular flexibility index (Phi) is 7.89. The lowest BCUT2D eigenvalue weighted by atomic mass is 10.1. The van der Waals surface area contributed by atoms with Crippen LogP contribution in [0.4, 0.5) is 5.82 Å². The molecule has 0 spiro atoms. The number of rotatable bonds is 8. The summed E-state index contributed by atoms with van der Waals surface area (Å²) in [6.07, 6.45) is 2.87. The van der Waals surface area contributed by atoms with E-state index in [0.29, 0.717) is 30.0 Å². The van der Waals surface area contributed by atoms with E-state index in [0.717, 1.165) is 0 Å². The summed E-state index contributed by atoms with van der Waals surface area (Å²) < 4.78 is 28.9. The molecule has 3 atom stereocenters. The fourth-order valence-electron chi connectivity index (χ4n) is 3.84. The zero-order chi connectivity index (χ0) is 27.3. The third-order valence-electron chi connectivity index (χ3n) is 7.99. The molecule has 0 saturated carbocycles. The molecule has 3 rings (SSSR count). The van der Waals surface area contributed by atoms with Crippen LogP contribution in [0.3, 0.4) is 0 Å². The highest BCUT2D eigenvalue weighted by molar-refractivity contribution is 6.74. The van der Waals surface area contributed by atoms with Crippen molar-refractivity contribution in [2.45, 2.75) is 122 Å². The van der Waals surface area contributed by atoms with Crippen LogP contribution in [-0.4, -0.2) is 60.8 Å². The number of nitrogens with two attached hydrogens (primary N) is 1. The molecule has 0 radical (unpaired) electrons. The molecule has 3 heterocycles. The van der Waals surface area contributed by atoms with Crippen molar-refractivity contribution in [1.82, 2.24) is 19.5 Å². The molecule has 9 nitrogen and oxygen atoms in total.